The number of benzene rings is 2. The number of aromatic nitrogens is 1. The van der Waals surface area contributed by atoms with E-state index in [0.717, 1.165) is 17.5 Å². The van der Waals surface area contributed by atoms with Crippen LogP contribution in [0.15, 0.2) is 54.7 Å². The quantitative estimate of drug-likeness (QED) is 0.561. The van der Waals surface area contributed by atoms with E-state index in [2.05, 4.69) is 10.3 Å². The van der Waals surface area contributed by atoms with Crippen molar-refractivity contribution in [2.75, 3.05) is 5.32 Å². The molecule has 1 aromatic heterocycles. The van der Waals surface area contributed by atoms with E-state index in [9.17, 15) is 18.0 Å². The van der Waals surface area contributed by atoms with E-state index in [1.807, 2.05) is 34.7 Å². The number of para-hydroxylation sites is 1. The van der Waals surface area contributed by atoms with Crippen LogP contribution in [0.5, 0.6) is 0 Å². The molecule has 0 spiro atoms. The van der Waals surface area contributed by atoms with E-state index in [-0.39, 0.29) is 5.69 Å². The van der Waals surface area contributed by atoms with Gasteiger partial charge in [-0.05, 0) is 52.9 Å². The summed E-state index contributed by atoms with van der Waals surface area (Å²) in [5, 5.41) is 3.33. The van der Waals surface area contributed by atoms with E-state index in [1.54, 1.807) is 24.4 Å². The molecule has 122 valence electrons. The molecule has 0 aliphatic rings. The Balaban J connectivity index is 1.98. The highest BCUT2D eigenvalue weighted by Gasteiger charge is 2.31. The van der Waals surface area contributed by atoms with Gasteiger partial charge in [0.1, 0.15) is 0 Å². The minimum Gasteiger partial charge on any atom is -0.321 e. The smallest absolute Gasteiger partial charge is 0.321 e. The monoisotopic (exact) mass is 442 g/mol. The molecule has 3 aromatic rings. The van der Waals surface area contributed by atoms with Gasteiger partial charge < -0.3 is 5.32 Å². The molecule has 7 heteroatoms. The maximum atomic E-state index is 12.8. The van der Waals surface area contributed by atoms with Crippen LogP contribution in [0.25, 0.3) is 10.9 Å². The van der Waals surface area contributed by atoms with Crippen LogP contribution in [0.1, 0.15) is 15.9 Å². The molecule has 1 amide bonds. The van der Waals surface area contributed by atoms with Crippen molar-refractivity contribution in [3.05, 3.63) is 69.4 Å². The number of nitrogens with one attached hydrogen (secondary N) is 1. The molecule has 2 aromatic carbocycles. The molecule has 0 radical (unpaired) electrons. The molecule has 0 aliphatic carbocycles. The first-order chi connectivity index (χ1) is 11.4. The topological polar surface area (TPSA) is 42.0 Å². The van der Waals surface area contributed by atoms with Crippen LogP contribution in [0.2, 0.25) is 0 Å². The standard InChI is InChI=1S/C17H10F3IN2O/c18-17(19,20)11-6-7-13(21)14(9-11)23-16(24)12-5-1-3-10-4-2-8-22-15(10)12/h1-9H,(H,23,24). The van der Waals surface area contributed by atoms with Gasteiger partial charge in [0, 0.05) is 15.2 Å². The fraction of sp³-hybridized carbons (Fsp3) is 0.0588. The second-order valence-corrected chi connectivity index (χ2v) is 6.19. The Labute approximate surface area is 149 Å². The fourth-order valence-electron chi connectivity index (χ4n) is 2.27. The molecular weight excluding hydrogens is 432 g/mol. The minimum atomic E-state index is -4.47. The maximum Gasteiger partial charge on any atom is 0.416 e. The number of nitrogens with zero attached hydrogens (tertiary/aromatic N) is 1. The third kappa shape index (κ3) is 3.35. The normalized spacial score (nSPS) is 11.5. The lowest BCUT2D eigenvalue weighted by molar-refractivity contribution is -0.137. The summed E-state index contributed by atoms with van der Waals surface area (Å²) in [6.07, 6.45) is -2.90. The highest BCUT2D eigenvalue weighted by Crippen LogP contribution is 2.33. The van der Waals surface area contributed by atoms with Crippen molar-refractivity contribution in [1.29, 1.82) is 0 Å². The van der Waals surface area contributed by atoms with Gasteiger partial charge in [0.15, 0.2) is 0 Å². The number of anilines is 1. The van der Waals surface area contributed by atoms with Crippen molar-refractivity contribution >= 4 is 45.1 Å². The van der Waals surface area contributed by atoms with Gasteiger partial charge >= 0.3 is 6.18 Å². The van der Waals surface area contributed by atoms with Gasteiger partial charge in [0.05, 0.1) is 22.3 Å². The molecule has 0 fully saturated rings. The van der Waals surface area contributed by atoms with Crippen molar-refractivity contribution < 1.29 is 18.0 Å². The van der Waals surface area contributed by atoms with Crippen molar-refractivity contribution in [2.45, 2.75) is 6.18 Å². The highest BCUT2D eigenvalue weighted by atomic mass is 127. The highest BCUT2D eigenvalue weighted by molar-refractivity contribution is 14.1. The lowest BCUT2D eigenvalue weighted by Crippen LogP contribution is -2.15. The lowest BCUT2D eigenvalue weighted by Gasteiger charge is -2.12. The zero-order valence-corrected chi connectivity index (χ0v) is 14.2. The fourth-order valence-corrected chi connectivity index (χ4v) is 2.74. The largest absolute Gasteiger partial charge is 0.416 e. The Kier molecular flexibility index (Phi) is 4.44. The molecule has 0 unspecified atom stereocenters. The number of pyridine rings is 1. The van der Waals surface area contributed by atoms with Gasteiger partial charge in [-0.15, -0.1) is 0 Å². The minimum absolute atomic E-state index is 0.114. The van der Waals surface area contributed by atoms with E-state index < -0.39 is 17.6 Å². The average molecular weight is 442 g/mol. The maximum absolute atomic E-state index is 12.8. The average Bonchev–Trinajstić information content (AvgIpc) is 2.55. The molecular formula is C17H10F3IN2O. The second kappa shape index (κ2) is 6.39. The Morgan fingerprint density at radius 1 is 1.08 bits per heavy atom. The zero-order chi connectivity index (χ0) is 17.3. The summed E-state index contributed by atoms with van der Waals surface area (Å²) in [6.45, 7) is 0. The number of rotatable bonds is 2. The van der Waals surface area contributed by atoms with Crippen molar-refractivity contribution in [1.82, 2.24) is 4.98 Å². The van der Waals surface area contributed by atoms with Gasteiger partial charge in [0.25, 0.3) is 5.91 Å². The number of fused-ring (bicyclic) bond motifs is 1. The summed E-state index contributed by atoms with van der Waals surface area (Å²) in [5.41, 5.74) is 0.110. The first-order valence-corrected chi connectivity index (χ1v) is 7.96. The van der Waals surface area contributed by atoms with Crippen LogP contribution >= 0.6 is 22.6 Å². The van der Waals surface area contributed by atoms with E-state index >= 15 is 0 Å². The van der Waals surface area contributed by atoms with Gasteiger partial charge in [-0.1, -0.05) is 18.2 Å². The third-order valence-electron chi connectivity index (χ3n) is 3.42. The van der Waals surface area contributed by atoms with Crippen LogP contribution < -0.4 is 5.32 Å². The molecule has 3 nitrogen and oxygen atoms in total. The first kappa shape index (κ1) is 16.7. The number of carbonyl (C=O) groups is 1. The van der Waals surface area contributed by atoms with Crippen molar-refractivity contribution in [3.63, 3.8) is 0 Å². The number of hydrogen-bond donors (Lipinski definition) is 1. The predicted octanol–water partition coefficient (Wildman–Crippen LogP) is 5.11. The number of alkyl halides is 3. The van der Waals surface area contributed by atoms with Crippen LogP contribution in [0.3, 0.4) is 0 Å². The van der Waals surface area contributed by atoms with Gasteiger partial charge in [-0.3, -0.25) is 9.78 Å². The predicted molar refractivity (Wildman–Crippen MR) is 93.9 cm³/mol. The summed E-state index contributed by atoms with van der Waals surface area (Å²) >= 11 is 1.88. The van der Waals surface area contributed by atoms with E-state index in [1.165, 1.54) is 6.07 Å². The lowest BCUT2D eigenvalue weighted by atomic mass is 10.1. The molecule has 0 saturated carbocycles. The molecule has 3 rings (SSSR count). The summed E-state index contributed by atoms with van der Waals surface area (Å²) in [7, 11) is 0. The molecule has 0 bridgehead atoms. The zero-order valence-electron chi connectivity index (χ0n) is 12.1. The van der Waals surface area contributed by atoms with E-state index in [4.69, 9.17) is 0 Å². The van der Waals surface area contributed by atoms with Gasteiger partial charge in [-0.25, -0.2) is 0 Å². The van der Waals surface area contributed by atoms with Crippen molar-refractivity contribution in [3.8, 4) is 0 Å². The summed E-state index contributed by atoms with van der Waals surface area (Å²) in [5.74, 6) is -0.503. The summed E-state index contributed by atoms with van der Waals surface area (Å²) < 4.78 is 39.0. The number of amides is 1. The Morgan fingerprint density at radius 2 is 1.83 bits per heavy atom. The second-order valence-electron chi connectivity index (χ2n) is 5.03. The van der Waals surface area contributed by atoms with E-state index in [0.29, 0.717) is 14.7 Å². The number of halogens is 4. The molecule has 1 N–H and O–H groups in total. The van der Waals surface area contributed by atoms with Crippen LogP contribution in [0, 0.1) is 3.57 Å². The number of hydrogen-bond acceptors (Lipinski definition) is 2. The van der Waals surface area contributed by atoms with Crippen LogP contribution in [-0.4, -0.2) is 10.9 Å². The number of carbonyl (C=O) groups excluding carboxylic acids is 1. The molecule has 1 heterocycles. The van der Waals surface area contributed by atoms with Gasteiger partial charge in [0.2, 0.25) is 0 Å². The molecule has 0 atom stereocenters. The molecule has 0 saturated heterocycles. The first-order valence-electron chi connectivity index (χ1n) is 6.88. The van der Waals surface area contributed by atoms with Crippen molar-refractivity contribution in [2.24, 2.45) is 0 Å². The Morgan fingerprint density at radius 3 is 2.58 bits per heavy atom. The summed E-state index contributed by atoms with van der Waals surface area (Å²) in [4.78, 5) is 16.7. The molecule has 24 heavy (non-hydrogen) atoms. The Hall–Kier alpha value is -2.16. The molecule has 0 aliphatic heterocycles. The van der Waals surface area contributed by atoms with Crippen LogP contribution in [0.4, 0.5) is 18.9 Å². The van der Waals surface area contributed by atoms with Gasteiger partial charge in [-0.2, -0.15) is 13.2 Å². The van der Waals surface area contributed by atoms with Crippen LogP contribution in [-0.2, 0) is 6.18 Å². The SMILES string of the molecule is O=C(Nc1cc(C(F)(F)F)ccc1I)c1cccc2cccnc12. The summed E-state index contributed by atoms with van der Waals surface area (Å²) in [6, 6.07) is 11.9. The Bertz CT molecular complexity index is 920. The third-order valence-corrected chi connectivity index (χ3v) is 4.36.